The Morgan fingerprint density at radius 3 is 2.82 bits per heavy atom. The number of likely N-dealkylation sites (N-methyl/N-ethyl adjacent to an activating group) is 1. The highest BCUT2D eigenvalue weighted by Gasteiger charge is 2.15. The standard InChI is InChI=1S/C14H16FNO/c1-10-3-4-13(15)12(7-10)14(16-2)8-11-5-6-17-9-11/h3-7,9,14,16H,8H2,1-2H3. The topological polar surface area (TPSA) is 25.2 Å². The maximum Gasteiger partial charge on any atom is 0.128 e. The highest BCUT2D eigenvalue weighted by Crippen LogP contribution is 2.22. The number of halogens is 1. The lowest BCUT2D eigenvalue weighted by atomic mass is 9.98. The van der Waals surface area contributed by atoms with E-state index in [1.807, 2.05) is 26.1 Å². The van der Waals surface area contributed by atoms with Crippen LogP contribution in [0.3, 0.4) is 0 Å². The maximum atomic E-state index is 13.8. The molecule has 1 aromatic heterocycles. The predicted octanol–water partition coefficient (Wildman–Crippen LogP) is 3.23. The van der Waals surface area contributed by atoms with Crippen LogP contribution >= 0.6 is 0 Å². The number of hydrogen-bond acceptors (Lipinski definition) is 2. The molecule has 0 radical (unpaired) electrons. The van der Waals surface area contributed by atoms with Gasteiger partial charge in [-0.25, -0.2) is 4.39 Å². The molecule has 1 unspecified atom stereocenters. The predicted molar refractivity (Wildman–Crippen MR) is 65.3 cm³/mol. The van der Waals surface area contributed by atoms with Gasteiger partial charge in [0.1, 0.15) is 5.82 Å². The number of hydrogen-bond donors (Lipinski definition) is 1. The molecule has 0 spiro atoms. The van der Waals surface area contributed by atoms with Crippen LogP contribution in [0.25, 0.3) is 0 Å². The van der Waals surface area contributed by atoms with Crippen LogP contribution < -0.4 is 5.32 Å². The van der Waals surface area contributed by atoms with Crippen LogP contribution in [0.2, 0.25) is 0 Å². The van der Waals surface area contributed by atoms with Crippen LogP contribution in [0.4, 0.5) is 4.39 Å². The summed E-state index contributed by atoms with van der Waals surface area (Å²) in [5, 5.41) is 3.14. The molecular weight excluding hydrogens is 217 g/mol. The number of nitrogens with one attached hydrogen (secondary N) is 1. The van der Waals surface area contributed by atoms with Gasteiger partial charge in [-0.1, -0.05) is 17.7 Å². The van der Waals surface area contributed by atoms with Gasteiger partial charge in [0.25, 0.3) is 0 Å². The zero-order valence-corrected chi connectivity index (χ0v) is 10.0. The molecule has 1 N–H and O–H groups in total. The van der Waals surface area contributed by atoms with E-state index in [1.165, 1.54) is 6.07 Å². The van der Waals surface area contributed by atoms with E-state index in [0.29, 0.717) is 12.0 Å². The van der Waals surface area contributed by atoms with Crippen LogP contribution in [0.5, 0.6) is 0 Å². The molecule has 0 amide bonds. The number of aryl methyl sites for hydroxylation is 1. The Kier molecular flexibility index (Phi) is 3.59. The van der Waals surface area contributed by atoms with E-state index in [2.05, 4.69) is 5.32 Å². The molecule has 0 aliphatic rings. The number of furan rings is 1. The van der Waals surface area contributed by atoms with Crippen molar-refractivity contribution < 1.29 is 8.81 Å². The minimum absolute atomic E-state index is 0.0347. The Balaban J connectivity index is 2.25. The van der Waals surface area contributed by atoms with Gasteiger partial charge in [-0.15, -0.1) is 0 Å². The summed E-state index contributed by atoms with van der Waals surface area (Å²) in [5.41, 5.74) is 2.83. The van der Waals surface area contributed by atoms with E-state index in [0.717, 1.165) is 11.1 Å². The van der Waals surface area contributed by atoms with Crippen LogP contribution in [0, 0.1) is 12.7 Å². The first-order valence-corrected chi connectivity index (χ1v) is 5.65. The van der Waals surface area contributed by atoms with Crippen LogP contribution in [0.1, 0.15) is 22.7 Å². The minimum atomic E-state index is -0.168. The highest BCUT2D eigenvalue weighted by atomic mass is 19.1. The number of benzene rings is 1. The molecule has 0 aliphatic carbocycles. The lowest BCUT2D eigenvalue weighted by molar-refractivity contribution is 0.525. The van der Waals surface area contributed by atoms with E-state index < -0.39 is 0 Å². The summed E-state index contributed by atoms with van der Waals surface area (Å²) in [6.45, 7) is 1.97. The number of rotatable bonds is 4. The van der Waals surface area contributed by atoms with Crippen molar-refractivity contribution in [3.8, 4) is 0 Å². The summed E-state index contributed by atoms with van der Waals surface area (Å²) < 4.78 is 18.8. The molecule has 2 rings (SSSR count). The van der Waals surface area contributed by atoms with Crippen LogP contribution in [0.15, 0.2) is 41.2 Å². The van der Waals surface area contributed by atoms with Gasteiger partial charge >= 0.3 is 0 Å². The Morgan fingerprint density at radius 2 is 2.18 bits per heavy atom. The van der Waals surface area contributed by atoms with Crippen LogP contribution in [-0.4, -0.2) is 7.05 Å². The average Bonchev–Trinajstić information content (AvgIpc) is 2.82. The molecule has 1 aromatic carbocycles. The fraction of sp³-hybridized carbons (Fsp3) is 0.286. The van der Waals surface area contributed by atoms with Crippen molar-refractivity contribution >= 4 is 0 Å². The van der Waals surface area contributed by atoms with Crippen molar-refractivity contribution in [2.24, 2.45) is 0 Å². The second-order valence-corrected chi connectivity index (χ2v) is 4.20. The van der Waals surface area contributed by atoms with E-state index in [1.54, 1.807) is 18.6 Å². The van der Waals surface area contributed by atoms with E-state index in [-0.39, 0.29) is 11.9 Å². The SMILES string of the molecule is CNC(Cc1ccoc1)c1cc(C)ccc1F. The lowest BCUT2D eigenvalue weighted by Gasteiger charge is -2.17. The van der Waals surface area contributed by atoms with Crippen molar-refractivity contribution in [3.05, 3.63) is 59.3 Å². The van der Waals surface area contributed by atoms with Crippen LogP contribution in [-0.2, 0) is 6.42 Å². The molecule has 2 nitrogen and oxygen atoms in total. The zero-order chi connectivity index (χ0) is 12.3. The summed E-state index contributed by atoms with van der Waals surface area (Å²) in [4.78, 5) is 0. The summed E-state index contributed by atoms with van der Waals surface area (Å²) >= 11 is 0. The van der Waals surface area contributed by atoms with Gasteiger partial charge < -0.3 is 9.73 Å². The summed E-state index contributed by atoms with van der Waals surface area (Å²) in [5.74, 6) is -0.168. The van der Waals surface area contributed by atoms with Gasteiger partial charge in [0.15, 0.2) is 0 Å². The maximum absolute atomic E-state index is 13.8. The fourth-order valence-corrected chi connectivity index (χ4v) is 1.94. The first kappa shape index (κ1) is 11.9. The molecule has 0 fully saturated rings. The average molecular weight is 233 g/mol. The summed E-state index contributed by atoms with van der Waals surface area (Å²) in [7, 11) is 1.84. The first-order chi connectivity index (χ1) is 8.20. The second-order valence-electron chi connectivity index (χ2n) is 4.20. The second kappa shape index (κ2) is 5.15. The molecule has 0 bridgehead atoms. The summed E-state index contributed by atoms with van der Waals surface area (Å²) in [6, 6.07) is 7.05. The third kappa shape index (κ3) is 2.74. The molecule has 1 atom stereocenters. The Bertz CT molecular complexity index is 479. The quantitative estimate of drug-likeness (QED) is 0.877. The molecule has 1 heterocycles. The molecule has 17 heavy (non-hydrogen) atoms. The van der Waals surface area contributed by atoms with Crippen molar-refractivity contribution in [3.63, 3.8) is 0 Å². The largest absolute Gasteiger partial charge is 0.472 e. The van der Waals surface area contributed by atoms with Gasteiger partial charge in [0, 0.05) is 11.6 Å². The molecule has 3 heteroatoms. The van der Waals surface area contributed by atoms with E-state index >= 15 is 0 Å². The van der Waals surface area contributed by atoms with E-state index in [4.69, 9.17) is 4.42 Å². The minimum Gasteiger partial charge on any atom is -0.472 e. The van der Waals surface area contributed by atoms with Gasteiger partial charge in [-0.2, -0.15) is 0 Å². The third-order valence-corrected chi connectivity index (χ3v) is 2.90. The van der Waals surface area contributed by atoms with Gasteiger partial charge in [-0.3, -0.25) is 0 Å². The van der Waals surface area contributed by atoms with Crippen molar-refractivity contribution in [2.45, 2.75) is 19.4 Å². The normalized spacial score (nSPS) is 12.6. The summed E-state index contributed by atoms with van der Waals surface area (Å²) in [6.07, 6.45) is 4.04. The fourth-order valence-electron chi connectivity index (χ4n) is 1.94. The van der Waals surface area contributed by atoms with Crippen molar-refractivity contribution in [1.29, 1.82) is 0 Å². The molecule has 0 aliphatic heterocycles. The monoisotopic (exact) mass is 233 g/mol. The van der Waals surface area contributed by atoms with Crippen molar-refractivity contribution in [2.75, 3.05) is 7.05 Å². The smallest absolute Gasteiger partial charge is 0.128 e. The Labute approximate surface area is 100 Å². The molecule has 0 saturated carbocycles. The van der Waals surface area contributed by atoms with Gasteiger partial charge in [0.2, 0.25) is 0 Å². The van der Waals surface area contributed by atoms with E-state index in [9.17, 15) is 4.39 Å². The highest BCUT2D eigenvalue weighted by molar-refractivity contribution is 5.28. The van der Waals surface area contributed by atoms with Crippen molar-refractivity contribution in [1.82, 2.24) is 5.32 Å². The van der Waals surface area contributed by atoms with Gasteiger partial charge in [0.05, 0.1) is 12.5 Å². The molecule has 2 aromatic rings. The third-order valence-electron chi connectivity index (χ3n) is 2.90. The Hall–Kier alpha value is -1.61. The molecule has 0 saturated heterocycles. The molecule has 90 valence electrons. The lowest BCUT2D eigenvalue weighted by Crippen LogP contribution is -2.20. The first-order valence-electron chi connectivity index (χ1n) is 5.65. The molecular formula is C14H16FNO. The Morgan fingerprint density at radius 1 is 1.35 bits per heavy atom. The van der Waals surface area contributed by atoms with Gasteiger partial charge in [-0.05, 0) is 38.1 Å². The zero-order valence-electron chi connectivity index (χ0n) is 10.0.